The van der Waals surface area contributed by atoms with Crippen LogP contribution in [0.4, 0.5) is 5.69 Å². The molecule has 1 rings (SSSR count). The normalized spacial score (nSPS) is 12.7. The highest BCUT2D eigenvalue weighted by molar-refractivity contribution is 7.92. The summed E-state index contributed by atoms with van der Waals surface area (Å²) in [7, 11) is -1.14. The summed E-state index contributed by atoms with van der Waals surface area (Å²) in [5, 5.41) is 0.325. The van der Waals surface area contributed by atoms with Crippen molar-refractivity contribution in [1.82, 2.24) is 0 Å². The molecule has 0 fully saturated rings. The van der Waals surface area contributed by atoms with E-state index in [1.54, 1.807) is 6.07 Å². The quantitative estimate of drug-likeness (QED) is 0.771. The summed E-state index contributed by atoms with van der Waals surface area (Å²) in [5.74, 6) is -0.395. The first-order valence-electron chi connectivity index (χ1n) is 5.63. The number of esters is 1. The van der Waals surface area contributed by atoms with Crippen LogP contribution < -0.4 is 9.04 Å². The maximum atomic E-state index is 12.0. The van der Waals surface area contributed by atoms with Crippen molar-refractivity contribution in [2.24, 2.45) is 0 Å². The zero-order chi connectivity index (χ0) is 15.5. The Bertz CT molecular complexity index is 602. The Labute approximate surface area is 123 Å². The van der Waals surface area contributed by atoms with Gasteiger partial charge in [0.15, 0.2) is 0 Å². The lowest BCUT2D eigenvalue weighted by Crippen LogP contribution is -2.43. The topological polar surface area (TPSA) is 72.9 Å². The molecule has 0 aliphatic carbocycles. The Morgan fingerprint density at radius 3 is 2.40 bits per heavy atom. The second kappa shape index (κ2) is 6.32. The summed E-state index contributed by atoms with van der Waals surface area (Å²) < 4.78 is 34.6. The molecule has 0 N–H and O–H groups in total. The molecule has 1 atom stereocenters. The SMILES string of the molecule is COC(=O)[C@H](C)N(c1cc(Cl)ccc1OC)S(C)(=O)=O. The molecule has 8 heteroatoms. The highest BCUT2D eigenvalue weighted by Gasteiger charge is 2.32. The number of hydrogen-bond acceptors (Lipinski definition) is 5. The van der Waals surface area contributed by atoms with Gasteiger partial charge in [-0.05, 0) is 25.1 Å². The van der Waals surface area contributed by atoms with Gasteiger partial charge in [-0.2, -0.15) is 0 Å². The van der Waals surface area contributed by atoms with Crippen LogP contribution in [0.15, 0.2) is 18.2 Å². The Morgan fingerprint density at radius 1 is 1.35 bits per heavy atom. The Balaban J connectivity index is 3.47. The molecule has 0 saturated carbocycles. The predicted octanol–water partition coefficient (Wildman–Crippen LogP) is 1.68. The van der Waals surface area contributed by atoms with E-state index < -0.39 is 22.0 Å². The van der Waals surface area contributed by atoms with Crippen LogP contribution in [-0.4, -0.2) is 40.9 Å². The van der Waals surface area contributed by atoms with Gasteiger partial charge in [0.05, 0.1) is 26.2 Å². The molecule has 0 aliphatic rings. The van der Waals surface area contributed by atoms with E-state index in [0.717, 1.165) is 10.6 Å². The van der Waals surface area contributed by atoms with E-state index in [4.69, 9.17) is 16.3 Å². The number of carbonyl (C=O) groups excluding carboxylic acids is 1. The number of sulfonamides is 1. The van der Waals surface area contributed by atoms with Gasteiger partial charge in [-0.1, -0.05) is 11.6 Å². The summed E-state index contributed by atoms with van der Waals surface area (Å²) in [6.45, 7) is 1.42. The van der Waals surface area contributed by atoms with E-state index in [1.807, 2.05) is 0 Å². The molecule has 0 bridgehead atoms. The largest absolute Gasteiger partial charge is 0.495 e. The molecule has 0 saturated heterocycles. The van der Waals surface area contributed by atoms with Crippen LogP contribution in [0, 0.1) is 0 Å². The maximum absolute atomic E-state index is 12.0. The van der Waals surface area contributed by atoms with Crippen LogP contribution in [0.5, 0.6) is 5.75 Å². The molecule has 1 aromatic rings. The smallest absolute Gasteiger partial charge is 0.329 e. The number of hydrogen-bond donors (Lipinski definition) is 0. The second-order valence-corrected chi connectivity index (χ2v) is 6.37. The molecule has 0 heterocycles. The van der Waals surface area contributed by atoms with Gasteiger partial charge in [-0.25, -0.2) is 13.2 Å². The summed E-state index contributed by atoms with van der Waals surface area (Å²) in [5.41, 5.74) is 0.181. The van der Waals surface area contributed by atoms with Gasteiger partial charge >= 0.3 is 5.97 Å². The standard InChI is InChI=1S/C12H16ClNO5S/c1-8(12(15)19-3)14(20(4,16)17)10-7-9(13)5-6-11(10)18-2/h5-8H,1-4H3/t8-/m0/s1. The minimum Gasteiger partial charge on any atom is -0.495 e. The van der Waals surface area contributed by atoms with Crippen LogP contribution >= 0.6 is 11.6 Å². The molecule has 0 spiro atoms. The lowest BCUT2D eigenvalue weighted by molar-refractivity contribution is -0.141. The van der Waals surface area contributed by atoms with Crippen molar-refractivity contribution < 1.29 is 22.7 Å². The van der Waals surface area contributed by atoms with Crippen molar-refractivity contribution in [3.63, 3.8) is 0 Å². The van der Waals surface area contributed by atoms with E-state index in [-0.39, 0.29) is 11.4 Å². The fourth-order valence-corrected chi connectivity index (χ4v) is 3.10. The fourth-order valence-electron chi connectivity index (χ4n) is 1.78. The van der Waals surface area contributed by atoms with Gasteiger partial charge in [0, 0.05) is 5.02 Å². The van der Waals surface area contributed by atoms with Crippen LogP contribution in [-0.2, 0) is 19.6 Å². The zero-order valence-electron chi connectivity index (χ0n) is 11.6. The molecule has 0 aliphatic heterocycles. The summed E-state index contributed by atoms with van der Waals surface area (Å²) >= 11 is 5.89. The molecule has 20 heavy (non-hydrogen) atoms. The number of halogens is 1. The van der Waals surface area contributed by atoms with Crippen LogP contribution in [0.2, 0.25) is 5.02 Å². The van der Waals surface area contributed by atoms with E-state index in [1.165, 1.54) is 33.3 Å². The minimum absolute atomic E-state index is 0.181. The first-order valence-corrected chi connectivity index (χ1v) is 7.85. The molecule has 112 valence electrons. The molecular formula is C12H16ClNO5S. The molecule has 1 aromatic carbocycles. The third-order valence-corrected chi connectivity index (χ3v) is 4.09. The molecule has 0 amide bonds. The molecule has 0 aromatic heterocycles. The van der Waals surface area contributed by atoms with E-state index in [9.17, 15) is 13.2 Å². The highest BCUT2D eigenvalue weighted by Crippen LogP contribution is 2.34. The average Bonchev–Trinajstić information content (AvgIpc) is 2.36. The second-order valence-electron chi connectivity index (χ2n) is 4.07. The minimum atomic E-state index is -3.73. The monoisotopic (exact) mass is 321 g/mol. The van der Waals surface area contributed by atoms with E-state index >= 15 is 0 Å². The zero-order valence-corrected chi connectivity index (χ0v) is 13.2. The summed E-state index contributed by atoms with van der Waals surface area (Å²) in [4.78, 5) is 11.7. The van der Waals surface area contributed by atoms with Crippen molar-refractivity contribution in [1.29, 1.82) is 0 Å². The van der Waals surface area contributed by atoms with Gasteiger partial charge in [0.1, 0.15) is 11.8 Å². The first-order chi connectivity index (χ1) is 9.22. The fraction of sp³-hybridized carbons (Fsp3) is 0.417. The lowest BCUT2D eigenvalue weighted by atomic mass is 10.2. The van der Waals surface area contributed by atoms with Crippen molar-refractivity contribution in [2.45, 2.75) is 13.0 Å². The maximum Gasteiger partial charge on any atom is 0.329 e. The van der Waals surface area contributed by atoms with E-state index in [2.05, 4.69) is 4.74 Å². The van der Waals surface area contributed by atoms with Gasteiger partial charge in [0.2, 0.25) is 10.0 Å². The lowest BCUT2D eigenvalue weighted by Gasteiger charge is -2.28. The molecular weight excluding hydrogens is 306 g/mol. The van der Waals surface area contributed by atoms with Crippen molar-refractivity contribution >= 4 is 33.3 Å². The molecule has 0 unspecified atom stereocenters. The van der Waals surface area contributed by atoms with Crippen LogP contribution in [0.1, 0.15) is 6.92 Å². The average molecular weight is 322 g/mol. The summed E-state index contributed by atoms with van der Waals surface area (Å²) in [6.07, 6.45) is 0.993. The summed E-state index contributed by atoms with van der Waals surface area (Å²) in [6, 6.07) is 3.47. The van der Waals surface area contributed by atoms with E-state index in [0.29, 0.717) is 5.02 Å². The third kappa shape index (κ3) is 3.55. The van der Waals surface area contributed by atoms with Gasteiger partial charge in [-0.3, -0.25) is 4.31 Å². The first kappa shape index (κ1) is 16.6. The number of anilines is 1. The molecule has 0 radical (unpaired) electrons. The van der Waals surface area contributed by atoms with Gasteiger partial charge in [-0.15, -0.1) is 0 Å². The number of nitrogens with zero attached hydrogens (tertiary/aromatic N) is 1. The number of carbonyl (C=O) groups is 1. The molecule has 6 nitrogen and oxygen atoms in total. The Morgan fingerprint density at radius 2 is 1.95 bits per heavy atom. The Kier molecular flexibility index (Phi) is 5.24. The van der Waals surface area contributed by atoms with Crippen molar-refractivity contribution in [3.8, 4) is 5.75 Å². The third-order valence-electron chi connectivity index (χ3n) is 2.63. The predicted molar refractivity (Wildman–Crippen MR) is 76.8 cm³/mol. The number of methoxy groups -OCH3 is 2. The van der Waals surface area contributed by atoms with Crippen molar-refractivity contribution in [3.05, 3.63) is 23.2 Å². The van der Waals surface area contributed by atoms with Crippen LogP contribution in [0.3, 0.4) is 0 Å². The van der Waals surface area contributed by atoms with Crippen LogP contribution in [0.25, 0.3) is 0 Å². The van der Waals surface area contributed by atoms with Gasteiger partial charge < -0.3 is 9.47 Å². The number of rotatable bonds is 5. The number of ether oxygens (including phenoxy) is 2. The van der Waals surface area contributed by atoms with Crippen molar-refractivity contribution in [2.75, 3.05) is 24.8 Å². The van der Waals surface area contributed by atoms with Gasteiger partial charge in [0.25, 0.3) is 0 Å². The number of benzene rings is 1. The highest BCUT2D eigenvalue weighted by atomic mass is 35.5. The Hall–Kier alpha value is -1.47.